The maximum atomic E-state index is 10.8. The minimum absolute atomic E-state index is 0. The zero-order valence-electron chi connectivity index (χ0n) is 19.8. The van der Waals surface area contributed by atoms with Gasteiger partial charge in [-0.25, -0.2) is 0 Å². The molecule has 0 aromatic heterocycles. The molecule has 0 aliphatic rings. The van der Waals surface area contributed by atoms with E-state index in [0.29, 0.717) is 17.8 Å². The van der Waals surface area contributed by atoms with E-state index in [0.717, 1.165) is 50.6 Å². The third-order valence-electron chi connectivity index (χ3n) is 6.05. The first-order chi connectivity index (χ1) is 14.4. The van der Waals surface area contributed by atoms with Gasteiger partial charge in [-0.3, -0.25) is 4.90 Å². The number of halogens is 1. The van der Waals surface area contributed by atoms with Crippen LogP contribution in [0.15, 0.2) is 48.5 Å². The second-order valence-electron chi connectivity index (χ2n) is 8.96. The maximum Gasteiger partial charge on any atom is 0.119 e. The molecule has 0 amide bonds. The Hall–Kier alpha value is -1.55. The Labute approximate surface area is 195 Å². The van der Waals surface area contributed by atoms with Crippen LogP contribution in [0.5, 0.6) is 5.75 Å². The normalized spacial score (nSPS) is 12.4. The number of aromatic hydroxyl groups is 1. The quantitative estimate of drug-likeness (QED) is 0.342. The van der Waals surface area contributed by atoms with Crippen LogP contribution >= 0.6 is 12.4 Å². The molecule has 2 aromatic carbocycles. The fraction of sp³-hybridized carbons (Fsp3) is 0.556. The molecule has 0 aliphatic heterocycles. The van der Waals surface area contributed by atoms with Crippen LogP contribution in [0.3, 0.4) is 0 Å². The molecule has 0 heterocycles. The standard InChI is InChI=1S/C27H41NO2.ClH/c1-21(2)28(22(3)4)18-17-25(24-13-9-7-10-14-24)26-20-23(15-16-27(26)30)12-8-5-6-11-19-29;/h7,9-10,13-16,20-22,25,29-30H,5-6,8,11-12,17-19H2,1-4H3;1H/t25-;/m1./s1. The van der Waals surface area contributed by atoms with Crippen molar-refractivity contribution in [3.05, 3.63) is 65.2 Å². The Morgan fingerprint density at radius 1 is 0.839 bits per heavy atom. The van der Waals surface area contributed by atoms with E-state index in [1.165, 1.54) is 11.1 Å². The number of aliphatic hydroxyl groups excluding tert-OH is 1. The average molecular weight is 448 g/mol. The summed E-state index contributed by atoms with van der Waals surface area (Å²) >= 11 is 0. The largest absolute Gasteiger partial charge is 0.508 e. The maximum absolute atomic E-state index is 10.8. The molecule has 0 aliphatic carbocycles. The van der Waals surface area contributed by atoms with Crippen molar-refractivity contribution in [3.8, 4) is 5.75 Å². The number of hydrogen-bond acceptors (Lipinski definition) is 3. The number of aryl methyl sites for hydroxylation is 1. The fourth-order valence-corrected chi connectivity index (χ4v) is 4.41. The molecule has 0 bridgehead atoms. The van der Waals surface area contributed by atoms with Gasteiger partial charge in [0.25, 0.3) is 0 Å². The number of hydrogen-bond donors (Lipinski definition) is 2. The van der Waals surface area contributed by atoms with Gasteiger partial charge in [-0.05, 0) is 77.1 Å². The van der Waals surface area contributed by atoms with Crippen LogP contribution in [0, 0.1) is 0 Å². The molecule has 0 radical (unpaired) electrons. The highest BCUT2D eigenvalue weighted by molar-refractivity contribution is 5.85. The van der Waals surface area contributed by atoms with E-state index < -0.39 is 0 Å². The SMILES string of the molecule is CC(C)N(CC[C@H](c1ccccc1)c1cc(CCCCCCO)ccc1O)C(C)C.Cl. The van der Waals surface area contributed by atoms with Crippen LogP contribution in [0.25, 0.3) is 0 Å². The molecular formula is C27H42ClNO2. The molecule has 2 aromatic rings. The van der Waals surface area contributed by atoms with Gasteiger partial charge < -0.3 is 10.2 Å². The third-order valence-corrected chi connectivity index (χ3v) is 6.05. The molecule has 0 spiro atoms. The van der Waals surface area contributed by atoms with Crippen LogP contribution in [-0.2, 0) is 6.42 Å². The number of phenolic OH excluding ortho intramolecular Hbond substituents is 1. The second-order valence-corrected chi connectivity index (χ2v) is 8.96. The smallest absolute Gasteiger partial charge is 0.119 e. The summed E-state index contributed by atoms with van der Waals surface area (Å²) in [5.41, 5.74) is 3.60. The Bertz CT molecular complexity index is 725. The van der Waals surface area contributed by atoms with Gasteiger partial charge in [0.2, 0.25) is 0 Å². The van der Waals surface area contributed by atoms with E-state index in [4.69, 9.17) is 5.11 Å². The van der Waals surface area contributed by atoms with Gasteiger partial charge in [0, 0.05) is 30.2 Å². The van der Waals surface area contributed by atoms with E-state index in [1.807, 2.05) is 6.07 Å². The topological polar surface area (TPSA) is 43.7 Å². The summed E-state index contributed by atoms with van der Waals surface area (Å²) in [5.74, 6) is 0.578. The monoisotopic (exact) mass is 447 g/mol. The summed E-state index contributed by atoms with van der Waals surface area (Å²) in [4.78, 5) is 2.53. The van der Waals surface area contributed by atoms with Crippen molar-refractivity contribution in [1.29, 1.82) is 0 Å². The average Bonchev–Trinajstić information content (AvgIpc) is 2.72. The molecule has 31 heavy (non-hydrogen) atoms. The van der Waals surface area contributed by atoms with Crippen molar-refractivity contribution >= 4 is 12.4 Å². The van der Waals surface area contributed by atoms with Gasteiger partial charge in [0.05, 0.1) is 0 Å². The lowest BCUT2D eigenvalue weighted by Gasteiger charge is -2.32. The molecule has 0 unspecified atom stereocenters. The van der Waals surface area contributed by atoms with Crippen LogP contribution in [0.2, 0.25) is 0 Å². The highest BCUT2D eigenvalue weighted by Gasteiger charge is 2.21. The van der Waals surface area contributed by atoms with E-state index in [1.54, 1.807) is 0 Å². The molecule has 0 saturated heterocycles. The van der Waals surface area contributed by atoms with Crippen molar-refractivity contribution in [3.63, 3.8) is 0 Å². The summed E-state index contributed by atoms with van der Waals surface area (Å²) < 4.78 is 0. The molecule has 1 atom stereocenters. The summed E-state index contributed by atoms with van der Waals surface area (Å²) in [6.07, 6.45) is 6.22. The summed E-state index contributed by atoms with van der Waals surface area (Å²) in [6.45, 7) is 10.3. The molecule has 174 valence electrons. The first-order valence-electron chi connectivity index (χ1n) is 11.7. The minimum atomic E-state index is 0. The predicted molar refractivity (Wildman–Crippen MR) is 134 cm³/mol. The Morgan fingerprint density at radius 3 is 2.10 bits per heavy atom. The highest BCUT2D eigenvalue weighted by atomic mass is 35.5. The first kappa shape index (κ1) is 27.5. The molecular weight excluding hydrogens is 406 g/mol. The van der Waals surface area contributed by atoms with Crippen molar-refractivity contribution in [2.24, 2.45) is 0 Å². The predicted octanol–water partition coefficient (Wildman–Crippen LogP) is 6.55. The van der Waals surface area contributed by atoms with E-state index in [2.05, 4.69) is 75.1 Å². The van der Waals surface area contributed by atoms with Crippen molar-refractivity contribution < 1.29 is 10.2 Å². The molecule has 4 heteroatoms. The number of benzene rings is 2. The molecule has 0 saturated carbocycles. The van der Waals surface area contributed by atoms with Crippen LogP contribution < -0.4 is 0 Å². The summed E-state index contributed by atoms with van der Waals surface area (Å²) in [7, 11) is 0. The molecule has 2 N–H and O–H groups in total. The minimum Gasteiger partial charge on any atom is -0.508 e. The lowest BCUT2D eigenvalue weighted by atomic mass is 9.86. The van der Waals surface area contributed by atoms with Crippen molar-refractivity contribution in [2.45, 2.75) is 84.2 Å². The number of unbranched alkanes of at least 4 members (excludes halogenated alkanes) is 3. The number of nitrogens with zero attached hydrogens (tertiary/aromatic N) is 1. The molecule has 2 rings (SSSR count). The summed E-state index contributed by atoms with van der Waals surface area (Å²) in [5, 5.41) is 19.7. The van der Waals surface area contributed by atoms with E-state index in [-0.39, 0.29) is 24.9 Å². The van der Waals surface area contributed by atoms with Crippen molar-refractivity contribution in [2.75, 3.05) is 13.2 Å². The van der Waals surface area contributed by atoms with Gasteiger partial charge in [-0.1, -0.05) is 55.3 Å². The zero-order chi connectivity index (χ0) is 21.9. The van der Waals surface area contributed by atoms with E-state index in [9.17, 15) is 5.11 Å². The Morgan fingerprint density at radius 2 is 1.48 bits per heavy atom. The van der Waals surface area contributed by atoms with Crippen LogP contribution in [0.4, 0.5) is 0 Å². The molecule has 0 fully saturated rings. The van der Waals surface area contributed by atoms with Crippen LogP contribution in [0.1, 0.15) is 82.4 Å². The third kappa shape index (κ3) is 8.84. The fourth-order valence-electron chi connectivity index (χ4n) is 4.41. The highest BCUT2D eigenvalue weighted by Crippen LogP contribution is 2.35. The van der Waals surface area contributed by atoms with E-state index >= 15 is 0 Å². The van der Waals surface area contributed by atoms with Gasteiger partial charge in [0.15, 0.2) is 0 Å². The van der Waals surface area contributed by atoms with Crippen molar-refractivity contribution in [1.82, 2.24) is 4.90 Å². The van der Waals surface area contributed by atoms with Gasteiger partial charge in [-0.15, -0.1) is 12.4 Å². The number of aliphatic hydroxyl groups is 1. The Balaban J connectivity index is 0.00000480. The number of rotatable bonds is 13. The molecule has 3 nitrogen and oxygen atoms in total. The zero-order valence-corrected chi connectivity index (χ0v) is 20.6. The number of phenols is 1. The summed E-state index contributed by atoms with van der Waals surface area (Å²) in [6, 6.07) is 17.7. The van der Waals surface area contributed by atoms with Gasteiger partial charge in [-0.2, -0.15) is 0 Å². The van der Waals surface area contributed by atoms with Crippen LogP contribution in [-0.4, -0.2) is 40.3 Å². The Kier molecular flexibility index (Phi) is 12.9. The van der Waals surface area contributed by atoms with Gasteiger partial charge in [0.1, 0.15) is 5.75 Å². The second kappa shape index (κ2) is 14.5. The lowest BCUT2D eigenvalue weighted by molar-refractivity contribution is 0.170. The lowest BCUT2D eigenvalue weighted by Crippen LogP contribution is -2.38. The first-order valence-corrected chi connectivity index (χ1v) is 11.7. The van der Waals surface area contributed by atoms with Gasteiger partial charge >= 0.3 is 0 Å².